The summed E-state index contributed by atoms with van der Waals surface area (Å²) in [7, 11) is 0. The van der Waals surface area contributed by atoms with Crippen LogP contribution >= 0.6 is 15.9 Å². The third-order valence-corrected chi connectivity index (χ3v) is 4.99. The predicted octanol–water partition coefficient (Wildman–Crippen LogP) is 3.83. The summed E-state index contributed by atoms with van der Waals surface area (Å²) >= 11 is 3.53. The summed E-state index contributed by atoms with van der Waals surface area (Å²) in [5.74, 6) is 0.613. The van der Waals surface area contributed by atoms with E-state index < -0.39 is 0 Å². The second-order valence-electron chi connectivity index (χ2n) is 5.60. The summed E-state index contributed by atoms with van der Waals surface area (Å²) in [5.41, 5.74) is 3.78. The number of carbonyl (C=O) groups is 1. The molecule has 1 N–H and O–H groups in total. The van der Waals surface area contributed by atoms with Crippen molar-refractivity contribution in [3.63, 3.8) is 0 Å². The number of benzene rings is 1. The number of aryl methyl sites for hydroxylation is 1. The van der Waals surface area contributed by atoms with Crippen LogP contribution in [0.4, 0.5) is 0 Å². The maximum atomic E-state index is 12.1. The van der Waals surface area contributed by atoms with Crippen molar-refractivity contribution in [3.05, 3.63) is 75.4 Å². The molecule has 2 aromatic heterocycles. The van der Waals surface area contributed by atoms with E-state index in [1.165, 1.54) is 0 Å². The molecule has 3 rings (SSSR count). The smallest absolute Gasteiger partial charge is 0.251 e. The Hall–Kier alpha value is -2.34. The average molecular weight is 388 g/mol. The van der Waals surface area contributed by atoms with Crippen LogP contribution < -0.4 is 5.32 Å². The molecule has 1 amide bonds. The van der Waals surface area contributed by atoms with E-state index in [-0.39, 0.29) is 5.91 Å². The Labute approximate surface area is 148 Å². The molecule has 1 aromatic carbocycles. The first kappa shape index (κ1) is 16.5. The molecule has 2 heterocycles. The number of carbonyl (C=O) groups excluding carboxylic acids is 1. The van der Waals surface area contributed by atoms with Crippen molar-refractivity contribution in [1.82, 2.24) is 15.1 Å². The average Bonchev–Trinajstić information content (AvgIpc) is 3.19. The monoisotopic (exact) mass is 387 g/mol. The first-order valence-electron chi connectivity index (χ1n) is 7.63. The van der Waals surface area contributed by atoms with Gasteiger partial charge >= 0.3 is 0 Å². The SMILES string of the molecule is Cc1nn(Cc2ccc(C(=O)NCc3ccco3)cc2)c(C)c1Br. The Kier molecular flexibility index (Phi) is 4.85. The van der Waals surface area contributed by atoms with Crippen molar-refractivity contribution in [2.45, 2.75) is 26.9 Å². The van der Waals surface area contributed by atoms with Gasteiger partial charge in [0.2, 0.25) is 0 Å². The summed E-state index contributed by atoms with van der Waals surface area (Å²) in [6, 6.07) is 11.2. The Morgan fingerprint density at radius 1 is 1.25 bits per heavy atom. The first-order chi connectivity index (χ1) is 11.5. The summed E-state index contributed by atoms with van der Waals surface area (Å²) in [5, 5.41) is 7.33. The van der Waals surface area contributed by atoms with Gasteiger partial charge in [0.05, 0.1) is 35.2 Å². The lowest BCUT2D eigenvalue weighted by atomic mass is 10.1. The molecular formula is C18H18BrN3O2. The maximum Gasteiger partial charge on any atom is 0.251 e. The number of amides is 1. The van der Waals surface area contributed by atoms with Gasteiger partial charge in [-0.2, -0.15) is 5.10 Å². The normalized spacial score (nSPS) is 10.8. The molecular weight excluding hydrogens is 370 g/mol. The van der Waals surface area contributed by atoms with Gasteiger partial charge in [-0.25, -0.2) is 0 Å². The van der Waals surface area contributed by atoms with Gasteiger partial charge in [-0.15, -0.1) is 0 Å². The molecule has 0 saturated carbocycles. The van der Waals surface area contributed by atoms with Gasteiger partial charge in [-0.3, -0.25) is 9.48 Å². The van der Waals surface area contributed by atoms with Crippen LogP contribution in [-0.2, 0) is 13.1 Å². The summed E-state index contributed by atoms with van der Waals surface area (Å²) in [6.07, 6.45) is 1.59. The molecule has 0 aliphatic heterocycles. The van der Waals surface area contributed by atoms with Crippen molar-refractivity contribution in [2.24, 2.45) is 0 Å². The highest BCUT2D eigenvalue weighted by Crippen LogP contribution is 2.20. The van der Waals surface area contributed by atoms with Gasteiger partial charge in [0.25, 0.3) is 5.91 Å². The third kappa shape index (κ3) is 3.59. The van der Waals surface area contributed by atoms with Crippen LogP contribution in [0.15, 0.2) is 51.6 Å². The van der Waals surface area contributed by atoms with E-state index in [4.69, 9.17) is 4.42 Å². The van der Waals surface area contributed by atoms with Gasteiger partial charge in [0.1, 0.15) is 5.76 Å². The van der Waals surface area contributed by atoms with E-state index in [0.29, 0.717) is 18.7 Å². The molecule has 24 heavy (non-hydrogen) atoms. The Morgan fingerprint density at radius 3 is 2.58 bits per heavy atom. The van der Waals surface area contributed by atoms with Crippen LogP contribution in [0.3, 0.4) is 0 Å². The quantitative estimate of drug-likeness (QED) is 0.723. The van der Waals surface area contributed by atoms with Crippen LogP contribution in [0.1, 0.15) is 33.1 Å². The maximum absolute atomic E-state index is 12.1. The minimum absolute atomic E-state index is 0.119. The van der Waals surface area contributed by atoms with Crippen molar-refractivity contribution in [3.8, 4) is 0 Å². The van der Waals surface area contributed by atoms with Gasteiger partial charge in [-0.1, -0.05) is 12.1 Å². The van der Waals surface area contributed by atoms with Crippen LogP contribution in [0.5, 0.6) is 0 Å². The molecule has 0 radical (unpaired) electrons. The number of furan rings is 1. The summed E-state index contributed by atoms with van der Waals surface area (Å²) in [6.45, 7) is 5.06. The standard InChI is InChI=1S/C18H18BrN3O2/c1-12-17(19)13(2)22(21-12)11-14-5-7-15(8-6-14)18(23)20-10-16-4-3-9-24-16/h3-9H,10-11H2,1-2H3,(H,20,23). The van der Waals surface area contributed by atoms with Crippen molar-refractivity contribution in [2.75, 3.05) is 0 Å². The van der Waals surface area contributed by atoms with Crippen molar-refractivity contribution in [1.29, 1.82) is 0 Å². The molecule has 0 aliphatic carbocycles. The van der Waals surface area contributed by atoms with Gasteiger partial charge in [-0.05, 0) is 59.6 Å². The highest BCUT2D eigenvalue weighted by Gasteiger charge is 2.10. The summed E-state index contributed by atoms with van der Waals surface area (Å²) < 4.78 is 8.19. The van der Waals surface area contributed by atoms with Gasteiger partial charge < -0.3 is 9.73 Å². The van der Waals surface area contributed by atoms with Crippen LogP contribution in [0.25, 0.3) is 0 Å². The van der Waals surface area contributed by atoms with Crippen molar-refractivity contribution < 1.29 is 9.21 Å². The number of halogens is 1. The zero-order chi connectivity index (χ0) is 17.1. The second kappa shape index (κ2) is 7.05. The molecule has 0 bridgehead atoms. The van der Waals surface area contributed by atoms with E-state index in [2.05, 4.69) is 26.3 Å². The minimum atomic E-state index is -0.119. The fraction of sp³-hybridized carbons (Fsp3) is 0.222. The molecule has 0 atom stereocenters. The number of aromatic nitrogens is 2. The third-order valence-electron chi connectivity index (χ3n) is 3.84. The minimum Gasteiger partial charge on any atom is -0.467 e. The van der Waals surface area contributed by atoms with E-state index in [0.717, 1.165) is 27.2 Å². The number of nitrogens with zero attached hydrogens (tertiary/aromatic N) is 2. The highest BCUT2D eigenvalue weighted by atomic mass is 79.9. The van der Waals surface area contributed by atoms with Crippen LogP contribution in [0.2, 0.25) is 0 Å². The zero-order valence-electron chi connectivity index (χ0n) is 13.5. The van der Waals surface area contributed by atoms with E-state index >= 15 is 0 Å². The van der Waals surface area contributed by atoms with E-state index in [1.54, 1.807) is 12.3 Å². The highest BCUT2D eigenvalue weighted by molar-refractivity contribution is 9.10. The molecule has 0 spiro atoms. The molecule has 3 aromatic rings. The van der Waals surface area contributed by atoms with E-state index in [9.17, 15) is 4.79 Å². The molecule has 0 saturated heterocycles. The Bertz CT molecular complexity index is 836. The molecule has 124 valence electrons. The molecule has 5 nitrogen and oxygen atoms in total. The molecule has 6 heteroatoms. The van der Waals surface area contributed by atoms with Crippen LogP contribution in [0, 0.1) is 13.8 Å². The first-order valence-corrected chi connectivity index (χ1v) is 8.43. The second-order valence-corrected chi connectivity index (χ2v) is 6.39. The lowest BCUT2D eigenvalue weighted by Crippen LogP contribution is -2.22. The Morgan fingerprint density at radius 2 is 2.00 bits per heavy atom. The molecule has 0 unspecified atom stereocenters. The molecule has 0 aliphatic rings. The van der Waals surface area contributed by atoms with E-state index in [1.807, 2.05) is 48.9 Å². The number of hydrogen-bond acceptors (Lipinski definition) is 3. The topological polar surface area (TPSA) is 60.1 Å². The number of nitrogens with one attached hydrogen (secondary N) is 1. The summed E-state index contributed by atoms with van der Waals surface area (Å²) in [4.78, 5) is 12.1. The zero-order valence-corrected chi connectivity index (χ0v) is 15.1. The molecule has 0 fully saturated rings. The Balaban J connectivity index is 1.64. The lowest BCUT2D eigenvalue weighted by Gasteiger charge is -2.07. The largest absolute Gasteiger partial charge is 0.467 e. The van der Waals surface area contributed by atoms with Crippen LogP contribution in [-0.4, -0.2) is 15.7 Å². The van der Waals surface area contributed by atoms with Gasteiger partial charge in [0, 0.05) is 5.56 Å². The van der Waals surface area contributed by atoms with Gasteiger partial charge in [0.15, 0.2) is 0 Å². The lowest BCUT2D eigenvalue weighted by molar-refractivity contribution is 0.0948. The number of hydrogen-bond donors (Lipinski definition) is 1. The van der Waals surface area contributed by atoms with Crippen molar-refractivity contribution >= 4 is 21.8 Å². The predicted molar refractivity (Wildman–Crippen MR) is 94.8 cm³/mol. The fourth-order valence-electron chi connectivity index (χ4n) is 2.45. The fourth-order valence-corrected chi connectivity index (χ4v) is 2.73. The number of rotatable bonds is 5.